The van der Waals surface area contributed by atoms with Crippen LogP contribution in [-0.2, 0) is 5.41 Å². The maximum Gasteiger partial charge on any atom is 0.229 e. The van der Waals surface area contributed by atoms with Gasteiger partial charge in [-0.25, -0.2) is 4.98 Å². The first-order chi connectivity index (χ1) is 10.3. The minimum Gasteiger partial charge on any atom is -0.370 e. The molecular formula is C18H26N4. The zero-order valence-corrected chi connectivity index (χ0v) is 14.1. The molecule has 2 N–H and O–H groups in total. The molecule has 2 aromatic rings. The summed E-state index contributed by atoms with van der Waals surface area (Å²) < 4.78 is 0. The zero-order valence-electron chi connectivity index (χ0n) is 14.1. The molecule has 2 rings (SSSR count). The highest BCUT2D eigenvalue weighted by Crippen LogP contribution is 2.24. The zero-order chi connectivity index (χ0) is 16.2. The highest BCUT2D eigenvalue weighted by Gasteiger charge is 2.12. The average Bonchev–Trinajstić information content (AvgIpc) is 2.45. The van der Waals surface area contributed by atoms with Crippen molar-refractivity contribution in [1.82, 2.24) is 9.97 Å². The average molecular weight is 298 g/mol. The molecule has 0 bridgehead atoms. The molecule has 0 saturated carbocycles. The third-order valence-corrected chi connectivity index (χ3v) is 3.35. The Kier molecular flexibility index (Phi) is 5.01. The van der Waals surface area contributed by atoms with Crippen molar-refractivity contribution >= 4 is 17.5 Å². The topological polar surface area (TPSA) is 49.8 Å². The summed E-state index contributed by atoms with van der Waals surface area (Å²) in [7, 11) is 0. The Labute approximate surface area is 133 Å². The summed E-state index contributed by atoms with van der Waals surface area (Å²) >= 11 is 0. The van der Waals surface area contributed by atoms with Gasteiger partial charge < -0.3 is 10.6 Å². The number of nitrogens with one attached hydrogen (secondary N) is 2. The van der Waals surface area contributed by atoms with Crippen LogP contribution >= 0.6 is 0 Å². The lowest BCUT2D eigenvalue weighted by atomic mass is 9.87. The molecule has 118 valence electrons. The van der Waals surface area contributed by atoms with Crippen LogP contribution in [0.2, 0.25) is 0 Å². The minimum absolute atomic E-state index is 0.162. The highest BCUT2D eigenvalue weighted by molar-refractivity contribution is 5.55. The van der Waals surface area contributed by atoms with Crippen LogP contribution in [-0.4, -0.2) is 16.5 Å². The molecule has 0 saturated heterocycles. The Bertz CT molecular complexity index is 597. The number of rotatable bonds is 5. The SMILES string of the molecule is CC(C)CNc1ccnc(Nc2ccc(C(C)(C)C)cc2)n1. The Morgan fingerprint density at radius 1 is 1.05 bits per heavy atom. The van der Waals surface area contributed by atoms with Gasteiger partial charge >= 0.3 is 0 Å². The first-order valence-electron chi connectivity index (χ1n) is 7.79. The Balaban J connectivity index is 2.05. The summed E-state index contributed by atoms with van der Waals surface area (Å²) in [6.45, 7) is 11.9. The fraction of sp³-hybridized carbons (Fsp3) is 0.444. The molecule has 0 aliphatic rings. The van der Waals surface area contributed by atoms with Gasteiger partial charge in [-0.15, -0.1) is 0 Å². The second-order valence-electron chi connectivity index (χ2n) is 6.99. The standard InChI is InChI=1S/C18H26N4/c1-13(2)12-20-16-10-11-19-17(22-16)21-15-8-6-14(7-9-15)18(3,4)5/h6-11,13H,12H2,1-5H3,(H2,19,20,21,22). The van der Waals surface area contributed by atoms with Crippen LogP contribution in [0.4, 0.5) is 17.5 Å². The molecule has 0 aliphatic heterocycles. The van der Waals surface area contributed by atoms with Gasteiger partial charge in [-0.05, 0) is 35.1 Å². The van der Waals surface area contributed by atoms with Crippen LogP contribution in [0.3, 0.4) is 0 Å². The molecular weight excluding hydrogens is 272 g/mol. The second kappa shape index (κ2) is 6.77. The van der Waals surface area contributed by atoms with E-state index < -0.39 is 0 Å². The minimum atomic E-state index is 0.162. The van der Waals surface area contributed by atoms with Crippen LogP contribution in [0.25, 0.3) is 0 Å². The number of nitrogens with zero attached hydrogens (tertiary/aromatic N) is 2. The molecule has 4 nitrogen and oxygen atoms in total. The van der Waals surface area contributed by atoms with E-state index in [0.29, 0.717) is 11.9 Å². The van der Waals surface area contributed by atoms with Gasteiger partial charge in [0.25, 0.3) is 0 Å². The van der Waals surface area contributed by atoms with Crippen molar-refractivity contribution in [2.24, 2.45) is 5.92 Å². The van der Waals surface area contributed by atoms with Crippen LogP contribution < -0.4 is 10.6 Å². The lowest BCUT2D eigenvalue weighted by Crippen LogP contribution is -2.11. The van der Waals surface area contributed by atoms with E-state index in [0.717, 1.165) is 18.1 Å². The van der Waals surface area contributed by atoms with Crippen molar-refractivity contribution in [3.8, 4) is 0 Å². The fourth-order valence-electron chi connectivity index (χ4n) is 2.01. The first kappa shape index (κ1) is 16.3. The Morgan fingerprint density at radius 3 is 2.32 bits per heavy atom. The molecule has 22 heavy (non-hydrogen) atoms. The lowest BCUT2D eigenvalue weighted by Gasteiger charge is -2.19. The van der Waals surface area contributed by atoms with Gasteiger partial charge in [0.2, 0.25) is 5.95 Å². The molecule has 0 atom stereocenters. The Hall–Kier alpha value is -2.10. The van der Waals surface area contributed by atoms with E-state index in [1.807, 2.05) is 6.07 Å². The van der Waals surface area contributed by atoms with Crippen LogP contribution in [0.15, 0.2) is 36.5 Å². The Morgan fingerprint density at radius 2 is 1.73 bits per heavy atom. The smallest absolute Gasteiger partial charge is 0.229 e. The summed E-state index contributed by atoms with van der Waals surface area (Å²) in [5.74, 6) is 2.03. The van der Waals surface area contributed by atoms with E-state index in [1.54, 1.807) is 6.20 Å². The maximum absolute atomic E-state index is 4.48. The van der Waals surface area contributed by atoms with Gasteiger partial charge in [0.15, 0.2) is 0 Å². The van der Waals surface area contributed by atoms with Gasteiger partial charge in [-0.3, -0.25) is 0 Å². The molecule has 1 heterocycles. The number of aromatic nitrogens is 2. The predicted octanol–water partition coefficient (Wildman–Crippen LogP) is 4.59. The van der Waals surface area contributed by atoms with Crippen molar-refractivity contribution < 1.29 is 0 Å². The van der Waals surface area contributed by atoms with E-state index in [4.69, 9.17) is 0 Å². The fourth-order valence-corrected chi connectivity index (χ4v) is 2.01. The predicted molar refractivity (Wildman–Crippen MR) is 93.8 cm³/mol. The van der Waals surface area contributed by atoms with Crippen molar-refractivity contribution in [1.29, 1.82) is 0 Å². The molecule has 0 aliphatic carbocycles. The van der Waals surface area contributed by atoms with Crippen molar-refractivity contribution in [3.63, 3.8) is 0 Å². The molecule has 4 heteroatoms. The van der Waals surface area contributed by atoms with Gasteiger partial charge in [-0.2, -0.15) is 4.98 Å². The highest BCUT2D eigenvalue weighted by atomic mass is 15.1. The van der Waals surface area contributed by atoms with E-state index in [9.17, 15) is 0 Å². The van der Waals surface area contributed by atoms with Crippen LogP contribution in [0.1, 0.15) is 40.2 Å². The van der Waals surface area contributed by atoms with Gasteiger partial charge in [-0.1, -0.05) is 46.8 Å². The number of benzene rings is 1. The van der Waals surface area contributed by atoms with E-state index in [2.05, 4.69) is 79.5 Å². The molecule has 0 radical (unpaired) electrons. The third-order valence-electron chi connectivity index (χ3n) is 3.35. The largest absolute Gasteiger partial charge is 0.370 e. The molecule has 1 aromatic heterocycles. The molecule has 0 spiro atoms. The van der Waals surface area contributed by atoms with Crippen molar-refractivity contribution in [2.75, 3.05) is 17.2 Å². The maximum atomic E-state index is 4.48. The molecule has 0 unspecified atom stereocenters. The normalized spacial score (nSPS) is 11.5. The van der Waals surface area contributed by atoms with Gasteiger partial charge in [0.1, 0.15) is 5.82 Å². The first-order valence-corrected chi connectivity index (χ1v) is 7.79. The summed E-state index contributed by atoms with van der Waals surface area (Å²) in [6, 6.07) is 10.3. The van der Waals surface area contributed by atoms with Gasteiger partial charge in [0, 0.05) is 18.4 Å². The summed E-state index contributed by atoms with van der Waals surface area (Å²) in [5, 5.41) is 6.56. The third kappa shape index (κ3) is 4.72. The summed E-state index contributed by atoms with van der Waals surface area (Å²) in [5.41, 5.74) is 2.47. The second-order valence-corrected chi connectivity index (χ2v) is 6.99. The number of hydrogen-bond acceptors (Lipinski definition) is 4. The molecule has 0 fully saturated rings. The summed E-state index contributed by atoms with van der Waals surface area (Å²) in [6.07, 6.45) is 1.77. The number of hydrogen-bond donors (Lipinski definition) is 2. The summed E-state index contributed by atoms with van der Waals surface area (Å²) in [4.78, 5) is 8.75. The quantitative estimate of drug-likeness (QED) is 0.848. The molecule has 0 amide bonds. The monoisotopic (exact) mass is 298 g/mol. The van der Waals surface area contributed by atoms with Crippen molar-refractivity contribution in [3.05, 3.63) is 42.1 Å². The van der Waals surface area contributed by atoms with E-state index in [1.165, 1.54) is 5.56 Å². The van der Waals surface area contributed by atoms with E-state index >= 15 is 0 Å². The molecule has 1 aromatic carbocycles. The van der Waals surface area contributed by atoms with Crippen LogP contribution in [0, 0.1) is 5.92 Å². The van der Waals surface area contributed by atoms with Crippen molar-refractivity contribution in [2.45, 2.75) is 40.0 Å². The lowest BCUT2D eigenvalue weighted by molar-refractivity contribution is 0.590. The number of anilines is 3. The van der Waals surface area contributed by atoms with Crippen LogP contribution in [0.5, 0.6) is 0 Å². The van der Waals surface area contributed by atoms with E-state index in [-0.39, 0.29) is 5.41 Å². The van der Waals surface area contributed by atoms with Gasteiger partial charge in [0.05, 0.1) is 0 Å².